The summed E-state index contributed by atoms with van der Waals surface area (Å²) < 4.78 is 15.6. The van der Waals surface area contributed by atoms with Crippen LogP contribution in [0.3, 0.4) is 0 Å². The highest BCUT2D eigenvalue weighted by Crippen LogP contribution is 2.38. The number of imide groups is 1. The minimum absolute atomic E-state index is 0.311. The summed E-state index contributed by atoms with van der Waals surface area (Å²) in [6, 6.07) is 9.81. The van der Waals surface area contributed by atoms with Crippen molar-refractivity contribution in [2.24, 2.45) is 5.92 Å². The molecule has 2 N–H and O–H groups in total. The van der Waals surface area contributed by atoms with E-state index >= 15 is 0 Å². The molecule has 0 bridgehead atoms. The Morgan fingerprint density at radius 1 is 1.09 bits per heavy atom. The van der Waals surface area contributed by atoms with E-state index in [9.17, 15) is 14.0 Å². The Hall–Kier alpha value is -3.30. The number of benzene rings is 1. The van der Waals surface area contributed by atoms with Gasteiger partial charge in [0.15, 0.2) is 0 Å². The number of halogens is 1. The third kappa shape index (κ3) is 3.47. The molecule has 2 amide bonds. The summed E-state index contributed by atoms with van der Waals surface area (Å²) >= 11 is 1.53. The summed E-state index contributed by atoms with van der Waals surface area (Å²) in [6.07, 6.45) is 3.76. The number of carbonyl (C=O) groups is 2. The average Bonchev–Trinajstić information content (AvgIpc) is 3.59. The maximum atomic E-state index is 13.0. The molecule has 0 spiro atoms. The third-order valence-electron chi connectivity index (χ3n) is 6.92. The molecule has 7 nitrogen and oxygen atoms in total. The van der Waals surface area contributed by atoms with Gasteiger partial charge in [0.1, 0.15) is 12.4 Å². The molecule has 0 radical (unpaired) electrons. The lowest BCUT2D eigenvalue weighted by Crippen LogP contribution is -2.36. The summed E-state index contributed by atoms with van der Waals surface area (Å²) in [5, 5.41) is 10.2. The van der Waals surface area contributed by atoms with Crippen LogP contribution in [0.25, 0.3) is 32.3 Å². The molecule has 4 aromatic rings. The molecule has 3 aromatic heterocycles. The number of rotatable bonds is 6. The molecule has 1 fully saturated rings. The highest BCUT2D eigenvalue weighted by Gasteiger charge is 2.36. The van der Waals surface area contributed by atoms with Gasteiger partial charge < -0.3 is 9.88 Å². The second-order valence-electron chi connectivity index (χ2n) is 8.92. The molecular weight excluding hydrogens is 453 g/mol. The van der Waals surface area contributed by atoms with E-state index < -0.39 is 11.8 Å². The van der Waals surface area contributed by atoms with E-state index in [0.717, 1.165) is 59.2 Å². The molecule has 0 saturated carbocycles. The number of hydrogen-bond acceptors (Lipinski definition) is 5. The Labute approximate surface area is 199 Å². The van der Waals surface area contributed by atoms with Gasteiger partial charge in [-0.3, -0.25) is 19.6 Å². The highest BCUT2D eigenvalue weighted by molar-refractivity contribution is 7.17. The summed E-state index contributed by atoms with van der Waals surface area (Å²) in [5.74, 6) is -0.385. The van der Waals surface area contributed by atoms with Crippen molar-refractivity contribution in [1.29, 1.82) is 0 Å². The molecule has 1 aromatic carbocycles. The molecule has 0 aliphatic carbocycles. The largest absolute Gasteiger partial charge is 0.360 e. The molecule has 6 rings (SSSR count). The number of aromatic nitrogens is 3. The number of fused-ring (bicyclic) bond motifs is 2. The molecular formula is C25H24FN5O2S. The van der Waals surface area contributed by atoms with Crippen LogP contribution < -0.4 is 5.32 Å². The quantitative estimate of drug-likeness (QED) is 0.414. The summed E-state index contributed by atoms with van der Waals surface area (Å²) in [7, 11) is 0. The Balaban J connectivity index is 1.42. The van der Waals surface area contributed by atoms with Crippen LogP contribution in [0.15, 0.2) is 41.9 Å². The molecule has 2 aliphatic heterocycles. The van der Waals surface area contributed by atoms with Crippen molar-refractivity contribution in [1.82, 2.24) is 25.0 Å². The molecule has 0 atom stereocenters. The van der Waals surface area contributed by atoms with Gasteiger partial charge in [-0.05, 0) is 49.4 Å². The van der Waals surface area contributed by atoms with E-state index in [1.807, 2.05) is 40.4 Å². The van der Waals surface area contributed by atoms with Crippen molar-refractivity contribution in [3.05, 3.63) is 53.2 Å². The standard InChI is InChI=1S/C25H24FN5O2S/c26-8-11-30-9-5-15(6-10-30)14-31-19-4-2-1-3-16(19)22(29-31)21-20(24(32)28-25(21)33)17-13-27-18-7-12-34-23(17)18/h1-4,7,12-13,15,27H,5-6,8-11,14H2,(H,28,32,33). The third-order valence-corrected chi connectivity index (χ3v) is 7.86. The normalized spacial score (nSPS) is 18.0. The Morgan fingerprint density at radius 2 is 1.88 bits per heavy atom. The molecule has 1 saturated heterocycles. The number of likely N-dealkylation sites (tertiary alicyclic amines) is 1. The fraction of sp³-hybridized carbons (Fsp3) is 0.320. The lowest BCUT2D eigenvalue weighted by atomic mass is 9.97. The highest BCUT2D eigenvalue weighted by atomic mass is 32.1. The minimum atomic E-state index is -0.416. The Kier molecular flexibility index (Phi) is 5.30. The Morgan fingerprint density at radius 3 is 2.71 bits per heavy atom. The van der Waals surface area contributed by atoms with Crippen molar-refractivity contribution in [3.8, 4) is 0 Å². The van der Waals surface area contributed by atoms with Gasteiger partial charge in [0.25, 0.3) is 11.8 Å². The van der Waals surface area contributed by atoms with Crippen molar-refractivity contribution >= 4 is 55.4 Å². The predicted molar refractivity (Wildman–Crippen MR) is 131 cm³/mol. The number of alkyl halides is 1. The first kappa shape index (κ1) is 21.2. The van der Waals surface area contributed by atoms with Crippen LogP contribution >= 0.6 is 11.3 Å². The zero-order valence-electron chi connectivity index (χ0n) is 18.5. The van der Waals surface area contributed by atoms with E-state index in [0.29, 0.717) is 29.3 Å². The molecule has 34 heavy (non-hydrogen) atoms. The van der Waals surface area contributed by atoms with Crippen LogP contribution in [0.4, 0.5) is 4.39 Å². The van der Waals surface area contributed by atoms with Crippen LogP contribution in [0.1, 0.15) is 24.1 Å². The van der Waals surface area contributed by atoms with Crippen molar-refractivity contribution in [2.75, 3.05) is 26.3 Å². The van der Waals surface area contributed by atoms with E-state index in [4.69, 9.17) is 5.10 Å². The maximum absolute atomic E-state index is 13.0. The van der Waals surface area contributed by atoms with Gasteiger partial charge in [0.05, 0.1) is 26.9 Å². The van der Waals surface area contributed by atoms with Crippen LogP contribution in [0, 0.1) is 5.92 Å². The van der Waals surface area contributed by atoms with Crippen molar-refractivity contribution in [2.45, 2.75) is 19.4 Å². The lowest BCUT2D eigenvalue weighted by Gasteiger charge is -2.31. The Bertz CT molecular complexity index is 1440. The molecule has 9 heteroatoms. The molecule has 174 valence electrons. The smallest absolute Gasteiger partial charge is 0.261 e. The number of piperidine rings is 1. The van der Waals surface area contributed by atoms with Gasteiger partial charge in [-0.15, -0.1) is 11.3 Å². The molecule has 0 unspecified atom stereocenters. The average molecular weight is 478 g/mol. The first-order valence-electron chi connectivity index (χ1n) is 11.5. The fourth-order valence-electron chi connectivity index (χ4n) is 5.18. The summed E-state index contributed by atoms with van der Waals surface area (Å²) in [6.45, 7) is 2.68. The number of hydrogen-bond donors (Lipinski definition) is 2. The molecule has 2 aliphatic rings. The van der Waals surface area contributed by atoms with E-state index in [1.165, 1.54) is 11.3 Å². The van der Waals surface area contributed by atoms with E-state index in [-0.39, 0.29) is 6.67 Å². The predicted octanol–water partition coefficient (Wildman–Crippen LogP) is 3.83. The number of nitrogens with zero attached hydrogens (tertiary/aromatic N) is 3. The van der Waals surface area contributed by atoms with Gasteiger partial charge in [-0.2, -0.15) is 5.10 Å². The monoisotopic (exact) mass is 477 g/mol. The topological polar surface area (TPSA) is 83.0 Å². The van der Waals surface area contributed by atoms with Crippen LogP contribution in [0.2, 0.25) is 0 Å². The van der Waals surface area contributed by atoms with Gasteiger partial charge >= 0.3 is 0 Å². The summed E-state index contributed by atoms with van der Waals surface area (Å²) in [5.41, 5.74) is 3.84. The number of amides is 2. The van der Waals surface area contributed by atoms with E-state index in [2.05, 4.69) is 15.2 Å². The second kappa shape index (κ2) is 8.48. The van der Waals surface area contributed by atoms with Gasteiger partial charge in [0.2, 0.25) is 0 Å². The maximum Gasteiger partial charge on any atom is 0.261 e. The SMILES string of the molecule is O=C1NC(=O)C(c2c[nH]c3ccsc23)=C1c1nn(CC2CCN(CCF)CC2)c2ccccc12. The zero-order valence-corrected chi connectivity index (χ0v) is 19.3. The minimum Gasteiger partial charge on any atom is -0.360 e. The van der Waals surface area contributed by atoms with Crippen LogP contribution in [-0.4, -0.2) is 57.8 Å². The van der Waals surface area contributed by atoms with E-state index in [1.54, 1.807) is 6.20 Å². The number of thiophene rings is 1. The second-order valence-corrected chi connectivity index (χ2v) is 9.84. The van der Waals surface area contributed by atoms with Crippen LogP contribution in [0.5, 0.6) is 0 Å². The number of nitrogens with one attached hydrogen (secondary N) is 2. The zero-order chi connectivity index (χ0) is 23.2. The number of H-pyrrole nitrogens is 1. The molecule has 5 heterocycles. The first-order chi connectivity index (χ1) is 16.6. The van der Waals surface area contributed by atoms with Gasteiger partial charge in [0, 0.05) is 30.2 Å². The van der Waals surface area contributed by atoms with Gasteiger partial charge in [-0.25, -0.2) is 4.39 Å². The summed E-state index contributed by atoms with van der Waals surface area (Å²) in [4.78, 5) is 31.3. The fourth-order valence-corrected chi connectivity index (χ4v) is 6.06. The number of para-hydroxylation sites is 1. The van der Waals surface area contributed by atoms with Crippen molar-refractivity contribution in [3.63, 3.8) is 0 Å². The van der Waals surface area contributed by atoms with Gasteiger partial charge in [-0.1, -0.05) is 18.2 Å². The van der Waals surface area contributed by atoms with Crippen LogP contribution in [-0.2, 0) is 16.1 Å². The number of aromatic amines is 1. The lowest BCUT2D eigenvalue weighted by molar-refractivity contribution is -0.122. The number of carbonyl (C=O) groups excluding carboxylic acids is 2. The first-order valence-corrected chi connectivity index (χ1v) is 12.4. The van der Waals surface area contributed by atoms with Crippen molar-refractivity contribution < 1.29 is 14.0 Å².